The van der Waals surface area contributed by atoms with E-state index in [0.717, 1.165) is 51.7 Å². The van der Waals surface area contributed by atoms with Crippen molar-refractivity contribution >= 4 is 5.97 Å². The van der Waals surface area contributed by atoms with Gasteiger partial charge in [-0.2, -0.15) is 0 Å². The monoisotopic (exact) mass is 271 g/mol. The van der Waals surface area contributed by atoms with Crippen LogP contribution in [-0.2, 0) is 14.3 Å². The van der Waals surface area contributed by atoms with E-state index in [9.17, 15) is 4.79 Å². The third kappa shape index (κ3) is 4.77. The Bertz CT molecular complexity index is 270. The van der Waals surface area contributed by atoms with Crippen LogP contribution >= 0.6 is 0 Å². The Labute approximate surface area is 117 Å². The van der Waals surface area contributed by atoms with E-state index in [2.05, 4.69) is 19.2 Å². The minimum atomic E-state index is -0.511. The van der Waals surface area contributed by atoms with E-state index in [4.69, 9.17) is 9.47 Å². The first-order chi connectivity index (χ1) is 9.18. The second-order valence-electron chi connectivity index (χ2n) is 5.32. The molecule has 2 atom stereocenters. The molecule has 19 heavy (non-hydrogen) atoms. The highest BCUT2D eigenvalue weighted by Gasteiger charge is 2.46. The minimum Gasteiger partial charge on any atom is -0.465 e. The predicted molar refractivity (Wildman–Crippen MR) is 76.2 cm³/mol. The summed E-state index contributed by atoms with van der Waals surface area (Å²) >= 11 is 0. The smallest absolute Gasteiger partial charge is 0.326 e. The van der Waals surface area contributed by atoms with Gasteiger partial charge in [0.2, 0.25) is 0 Å². The van der Waals surface area contributed by atoms with Crippen molar-refractivity contribution in [2.24, 2.45) is 0 Å². The van der Waals surface area contributed by atoms with Crippen LogP contribution in [0.4, 0.5) is 0 Å². The molecule has 1 aliphatic rings. The molecule has 0 bridgehead atoms. The quantitative estimate of drug-likeness (QED) is 0.517. The number of hydrogen-bond acceptors (Lipinski definition) is 4. The average Bonchev–Trinajstić information content (AvgIpc) is 2.82. The van der Waals surface area contributed by atoms with Gasteiger partial charge in [0.1, 0.15) is 5.54 Å². The molecule has 1 fully saturated rings. The van der Waals surface area contributed by atoms with E-state index in [1.165, 1.54) is 0 Å². The summed E-state index contributed by atoms with van der Waals surface area (Å²) in [5.41, 5.74) is -0.511. The number of esters is 1. The molecule has 1 saturated carbocycles. The number of nitrogens with one attached hydrogen (secondary N) is 1. The zero-order valence-corrected chi connectivity index (χ0v) is 12.7. The highest BCUT2D eigenvalue weighted by molar-refractivity contribution is 5.81. The molecular weight excluding hydrogens is 242 g/mol. The van der Waals surface area contributed by atoms with Crippen LogP contribution in [0.25, 0.3) is 0 Å². The van der Waals surface area contributed by atoms with Gasteiger partial charge in [0.05, 0.1) is 12.7 Å². The van der Waals surface area contributed by atoms with E-state index < -0.39 is 5.54 Å². The minimum absolute atomic E-state index is 0.106. The van der Waals surface area contributed by atoms with Crippen molar-refractivity contribution in [2.75, 3.05) is 19.8 Å². The Kier molecular flexibility index (Phi) is 7.39. The zero-order chi connectivity index (χ0) is 14.1. The van der Waals surface area contributed by atoms with E-state index in [1.807, 2.05) is 6.92 Å². The topological polar surface area (TPSA) is 47.6 Å². The van der Waals surface area contributed by atoms with Gasteiger partial charge in [-0.05, 0) is 39.2 Å². The standard InChI is InChI=1S/C15H29NO3/c1-4-7-11-19-13-8-9-15(12-13,16-10-5-2)14(17)18-6-3/h13,16H,4-12H2,1-3H3. The van der Waals surface area contributed by atoms with Crippen LogP contribution in [0.1, 0.15) is 59.3 Å². The number of hydrogen-bond donors (Lipinski definition) is 1. The first kappa shape index (κ1) is 16.4. The van der Waals surface area contributed by atoms with Gasteiger partial charge >= 0.3 is 5.97 Å². The van der Waals surface area contributed by atoms with Crippen molar-refractivity contribution in [1.29, 1.82) is 0 Å². The van der Waals surface area contributed by atoms with Crippen molar-refractivity contribution in [3.8, 4) is 0 Å². The van der Waals surface area contributed by atoms with Crippen molar-refractivity contribution < 1.29 is 14.3 Å². The lowest BCUT2D eigenvalue weighted by molar-refractivity contribution is -0.151. The van der Waals surface area contributed by atoms with Gasteiger partial charge in [0.25, 0.3) is 0 Å². The Hall–Kier alpha value is -0.610. The summed E-state index contributed by atoms with van der Waals surface area (Å²) < 4.78 is 11.1. The van der Waals surface area contributed by atoms with Gasteiger partial charge in [-0.1, -0.05) is 20.3 Å². The van der Waals surface area contributed by atoms with Crippen LogP contribution in [0.3, 0.4) is 0 Å². The summed E-state index contributed by atoms with van der Waals surface area (Å²) in [4.78, 5) is 12.2. The van der Waals surface area contributed by atoms with E-state index >= 15 is 0 Å². The summed E-state index contributed by atoms with van der Waals surface area (Å²) in [5, 5.41) is 3.40. The fourth-order valence-corrected chi connectivity index (χ4v) is 2.59. The molecule has 4 nitrogen and oxygen atoms in total. The first-order valence-corrected chi connectivity index (χ1v) is 7.72. The summed E-state index contributed by atoms with van der Waals surface area (Å²) in [5.74, 6) is -0.106. The molecule has 0 amide bonds. The van der Waals surface area contributed by atoms with Crippen LogP contribution in [0.2, 0.25) is 0 Å². The number of carbonyl (C=O) groups is 1. The number of rotatable bonds is 9. The third-order valence-electron chi connectivity index (χ3n) is 3.70. The highest BCUT2D eigenvalue weighted by atomic mass is 16.5. The van der Waals surface area contributed by atoms with Crippen LogP contribution in [0, 0.1) is 0 Å². The maximum atomic E-state index is 12.2. The van der Waals surface area contributed by atoms with Crippen LogP contribution in [0.5, 0.6) is 0 Å². The fraction of sp³-hybridized carbons (Fsp3) is 0.933. The number of carbonyl (C=O) groups excluding carboxylic acids is 1. The van der Waals surface area contributed by atoms with Crippen LogP contribution in [-0.4, -0.2) is 37.4 Å². The summed E-state index contributed by atoms with van der Waals surface area (Å²) in [7, 11) is 0. The van der Waals surface area contributed by atoms with Crippen molar-refractivity contribution in [1.82, 2.24) is 5.32 Å². The van der Waals surface area contributed by atoms with Crippen LogP contribution in [0.15, 0.2) is 0 Å². The Morgan fingerprint density at radius 2 is 2.11 bits per heavy atom. The second-order valence-corrected chi connectivity index (χ2v) is 5.32. The lowest BCUT2D eigenvalue weighted by Gasteiger charge is -2.28. The van der Waals surface area contributed by atoms with Gasteiger partial charge in [-0.3, -0.25) is 4.79 Å². The second kappa shape index (κ2) is 8.54. The molecule has 1 aliphatic carbocycles. The van der Waals surface area contributed by atoms with Gasteiger partial charge in [0.15, 0.2) is 0 Å². The molecule has 0 saturated heterocycles. The lowest BCUT2D eigenvalue weighted by Crippen LogP contribution is -2.51. The molecule has 0 aromatic rings. The molecule has 112 valence electrons. The third-order valence-corrected chi connectivity index (χ3v) is 3.70. The number of unbranched alkanes of at least 4 members (excludes halogenated alkanes) is 1. The predicted octanol–water partition coefficient (Wildman–Crippen LogP) is 2.66. The molecule has 4 heteroatoms. The zero-order valence-electron chi connectivity index (χ0n) is 12.7. The maximum Gasteiger partial charge on any atom is 0.326 e. The summed E-state index contributed by atoms with van der Waals surface area (Å²) in [6, 6.07) is 0. The average molecular weight is 271 g/mol. The first-order valence-electron chi connectivity index (χ1n) is 7.72. The van der Waals surface area contributed by atoms with Crippen molar-refractivity contribution in [2.45, 2.75) is 70.9 Å². The molecule has 0 spiro atoms. The molecule has 0 heterocycles. The van der Waals surface area contributed by atoms with E-state index in [-0.39, 0.29) is 12.1 Å². The normalized spacial score (nSPS) is 26.6. The molecule has 1 N–H and O–H groups in total. The van der Waals surface area contributed by atoms with E-state index in [1.54, 1.807) is 0 Å². The molecule has 0 aromatic carbocycles. The van der Waals surface area contributed by atoms with E-state index in [0.29, 0.717) is 6.61 Å². The molecular formula is C15H29NO3. The molecule has 1 rings (SSSR count). The summed E-state index contributed by atoms with van der Waals surface area (Å²) in [6.07, 6.45) is 5.95. The van der Waals surface area contributed by atoms with Gasteiger partial charge < -0.3 is 14.8 Å². The van der Waals surface area contributed by atoms with Crippen LogP contribution < -0.4 is 5.32 Å². The maximum absolute atomic E-state index is 12.2. The van der Waals surface area contributed by atoms with Crippen molar-refractivity contribution in [3.05, 3.63) is 0 Å². The molecule has 0 aromatic heterocycles. The Balaban J connectivity index is 2.54. The Morgan fingerprint density at radius 1 is 1.32 bits per heavy atom. The lowest BCUT2D eigenvalue weighted by atomic mass is 9.97. The van der Waals surface area contributed by atoms with Crippen molar-refractivity contribution in [3.63, 3.8) is 0 Å². The SMILES string of the molecule is CCCCOC1CCC(NCCC)(C(=O)OCC)C1. The Morgan fingerprint density at radius 3 is 2.74 bits per heavy atom. The van der Waals surface area contributed by atoms with Gasteiger partial charge in [0, 0.05) is 13.0 Å². The number of ether oxygens (including phenoxy) is 2. The fourth-order valence-electron chi connectivity index (χ4n) is 2.59. The highest BCUT2D eigenvalue weighted by Crippen LogP contribution is 2.33. The molecule has 2 unspecified atom stereocenters. The molecule has 0 aliphatic heterocycles. The van der Waals surface area contributed by atoms with Gasteiger partial charge in [-0.15, -0.1) is 0 Å². The largest absolute Gasteiger partial charge is 0.465 e. The summed E-state index contributed by atoms with van der Waals surface area (Å²) in [6.45, 7) is 8.21. The van der Waals surface area contributed by atoms with Gasteiger partial charge in [-0.25, -0.2) is 0 Å². The molecule has 0 radical (unpaired) electrons.